The van der Waals surface area contributed by atoms with Crippen molar-refractivity contribution in [3.63, 3.8) is 0 Å². The molecule has 8 nitrogen and oxygen atoms in total. The number of nitro benzene ring substituents is 1. The number of hydroxylamine groups is 1. The standard InChI is InChI=1S/C23H16ClN3O5/c24-15-8-12-16(13-9-15)25-22(28)19-20(14-6-10-18(11-7-14)27(30)31)26(32-21(19)23(25)29)17-4-2-1-3-5-17/h1-13,19-21H/t19-,20+,21+/m0/s1. The highest BCUT2D eigenvalue weighted by atomic mass is 35.5. The smallest absolute Gasteiger partial charge is 0.269 e. The van der Waals surface area contributed by atoms with Gasteiger partial charge in [0.15, 0.2) is 6.10 Å². The molecule has 3 atom stereocenters. The second kappa shape index (κ2) is 7.74. The summed E-state index contributed by atoms with van der Waals surface area (Å²) in [6.45, 7) is 0. The minimum atomic E-state index is -1.02. The molecule has 2 fully saturated rings. The minimum absolute atomic E-state index is 0.0629. The number of halogens is 1. The van der Waals surface area contributed by atoms with Crippen molar-refractivity contribution in [3.8, 4) is 0 Å². The van der Waals surface area contributed by atoms with Crippen LogP contribution in [0.1, 0.15) is 11.6 Å². The Labute approximate surface area is 187 Å². The number of carbonyl (C=O) groups excluding carboxylic acids is 2. The minimum Gasteiger partial charge on any atom is -0.273 e. The molecule has 2 saturated heterocycles. The lowest BCUT2D eigenvalue weighted by Gasteiger charge is -2.28. The number of carbonyl (C=O) groups is 2. The van der Waals surface area contributed by atoms with Gasteiger partial charge in [-0.25, -0.2) is 9.96 Å². The summed E-state index contributed by atoms with van der Waals surface area (Å²) in [6.07, 6.45) is -1.02. The second-order valence-corrected chi connectivity index (χ2v) is 7.93. The molecule has 2 aliphatic rings. The summed E-state index contributed by atoms with van der Waals surface area (Å²) in [5, 5.41) is 13.1. The fraction of sp³-hybridized carbons (Fsp3) is 0.130. The molecule has 0 saturated carbocycles. The van der Waals surface area contributed by atoms with Crippen molar-refractivity contribution in [1.29, 1.82) is 0 Å². The Morgan fingerprint density at radius 3 is 2.12 bits per heavy atom. The van der Waals surface area contributed by atoms with Crippen molar-refractivity contribution < 1.29 is 19.3 Å². The van der Waals surface area contributed by atoms with Gasteiger partial charge in [-0.1, -0.05) is 41.9 Å². The van der Waals surface area contributed by atoms with Crippen molar-refractivity contribution in [3.05, 3.63) is 99.6 Å². The lowest BCUT2D eigenvalue weighted by Crippen LogP contribution is -2.37. The lowest BCUT2D eigenvalue weighted by molar-refractivity contribution is -0.384. The van der Waals surface area contributed by atoms with Crippen LogP contribution in [0.25, 0.3) is 0 Å². The van der Waals surface area contributed by atoms with Crippen LogP contribution in [0.15, 0.2) is 78.9 Å². The molecule has 0 radical (unpaired) electrons. The highest BCUT2D eigenvalue weighted by Gasteiger charge is 2.60. The fourth-order valence-corrected chi connectivity index (χ4v) is 4.32. The van der Waals surface area contributed by atoms with E-state index >= 15 is 0 Å². The van der Waals surface area contributed by atoms with Gasteiger partial charge in [0.05, 0.1) is 22.3 Å². The zero-order valence-electron chi connectivity index (χ0n) is 16.5. The zero-order chi connectivity index (χ0) is 22.4. The molecular formula is C23H16ClN3O5. The number of nitro groups is 1. The van der Waals surface area contributed by atoms with Crippen LogP contribution in [0, 0.1) is 16.0 Å². The van der Waals surface area contributed by atoms with Crippen LogP contribution < -0.4 is 9.96 Å². The van der Waals surface area contributed by atoms with E-state index in [-0.39, 0.29) is 5.69 Å². The predicted molar refractivity (Wildman–Crippen MR) is 117 cm³/mol. The number of amides is 2. The summed E-state index contributed by atoms with van der Waals surface area (Å²) < 4.78 is 0. The van der Waals surface area contributed by atoms with Gasteiger partial charge in [-0.05, 0) is 42.0 Å². The average molecular weight is 450 g/mol. The number of hydrogen-bond acceptors (Lipinski definition) is 6. The molecule has 2 aliphatic heterocycles. The van der Waals surface area contributed by atoms with Gasteiger partial charge in [0.1, 0.15) is 5.92 Å². The molecule has 9 heteroatoms. The first-order chi connectivity index (χ1) is 15.5. The summed E-state index contributed by atoms with van der Waals surface area (Å²) >= 11 is 5.94. The lowest BCUT2D eigenvalue weighted by atomic mass is 9.90. The number of rotatable bonds is 4. The maximum Gasteiger partial charge on any atom is 0.269 e. The number of fused-ring (bicyclic) bond motifs is 1. The van der Waals surface area contributed by atoms with Crippen molar-refractivity contribution in [1.82, 2.24) is 0 Å². The van der Waals surface area contributed by atoms with E-state index in [0.717, 1.165) is 4.90 Å². The number of nitrogens with zero attached hydrogens (tertiary/aromatic N) is 3. The molecule has 5 rings (SSSR count). The van der Waals surface area contributed by atoms with Gasteiger partial charge in [-0.15, -0.1) is 0 Å². The Balaban J connectivity index is 1.57. The highest BCUT2D eigenvalue weighted by molar-refractivity contribution is 6.31. The molecule has 32 heavy (non-hydrogen) atoms. The summed E-state index contributed by atoms with van der Waals surface area (Å²) in [5.41, 5.74) is 1.65. The van der Waals surface area contributed by atoms with Crippen LogP contribution in [0.2, 0.25) is 5.02 Å². The van der Waals surface area contributed by atoms with Gasteiger partial charge in [-0.3, -0.25) is 24.5 Å². The number of para-hydroxylation sites is 1. The largest absolute Gasteiger partial charge is 0.273 e. The maximum absolute atomic E-state index is 13.5. The van der Waals surface area contributed by atoms with Gasteiger partial charge < -0.3 is 0 Å². The highest BCUT2D eigenvalue weighted by Crippen LogP contribution is 2.47. The van der Waals surface area contributed by atoms with Crippen molar-refractivity contribution in [2.75, 3.05) is 9.96 Å². The van der Waals surface area contributed by atoms with E-state index in [0.29, 0.717) is 22.0 Å². The summed E-state index contributed by atoms with van der Waals surface area (Å²) in [4.78, 5) is 44.4. The van der Waals surface area contributed by atoms with Crippen LogP contribution in [0.4, 0.5) is 17.1 Å². The van der Waals surface area contributed by atoms with E-state index in [4.69, 9.17) is 16.4 Å². The van der Waals surface area contributed by atoms with Gasteiger partial charge in [0.2, 0.25) is 5.91 Å². The molecule has 3 aromatic rings. The number of non-ortho nitro benzene ring substituents is 1. The van der Waals surface area contributed by atoms with Crippen molar-refractivity contribution in [2.45, 2.75) is 12.1 Å². The summed E-state index contributed by atoms with van der Waals surface area (Å²) in [7, 11) is 0. The Kier molecular flexibility index (Phi) is 4.88. The van der Waals surface area contributed by atoms with Gasteiger partial charge in [0, 0.05) is 17.2 Å². The van der Waals surface area contributed by atoms with E-state index in [2.05, 4.69) is 0 Å². The maximum atomic E-state index is 13.5. The summed E-state index contributed by atoms with van der Waals surface area (Å²) in [5.74, 6) is -1.68. The third kappa shape index (κ3) is 3.21. The van der Waals surface area contributed by atoms with E-state index in [9.17, 15) is 19.7 Å². The van der Waals surface area contributed by atoms with Crippen LogP contribution in [0.5, 0.6) is 0 Å². The van der Waals surface area contributed by atoms with Crippen molar-refractivity contribution >= 4 is 40.5 Å². The Morgan fingerprint density at radius 2 is 1.50 bits per heavy atom. The number of imide groups is 1. The van der Waals surface area contributed by atoms with E-state index in [1.165, 1.54) is 12.1 Å². The predicted octanol–water partition coefficient (Wildman–Crippen LogP) is 4.30. The van der Waals surface area contributed by atoms with E-state index in [1.807, 2.05) is 30.3 Å². The van der Waals surface area contributed by atoms with E-state index < -0.39 is 34.8 Å². The molecule has 0 unspecified atom stereocenters. The monoisotopic (exact) mass is 449 g/mol. The Morgan fingerprint density at radius 1 is 0.844 bits per heavy atom. The molecule has 3 aromatic carbocycles. The van der Waals surface area contributed by atoms with Gasteiger partial charge in [0.25, 0.3) is 11.6 Å². The first-order valence-corrected chi connectivity index (χ1v) is 10.2. The molecule has 160 valence electrons. The normalized spacial score (nSPS) is 22.3. The first-order valence-electron chi connectivity index (χ1n) is 9.84. The van der Waals surface area contributed by atoms with Crippen LogP contribution in [-0.2, 0) is 14.4 Å². The average Bonchev–Trinajstić information content (AvgIpc) is 3.31. The molecule has 2 amide bonds. The zero-order valence-corrected chi connectivity index (χ0v) is 17.3. The molecule has 0 bridgehead atoms. The summed E-state index contributed by atoms with van der Waals surface area (Å²) in [6, 6.07) is 20.8. The molecule has 0 aliphatic carbocycles. The quantitative estimate of drug-likeness (QED) is 0.335. The van der Waals surface area contributed by atoms with E-state index in [1.54, 1.807) is 41.5 Å². The SMILES string of the molecule is O=C1[C@H]2[C@@H](c3ccc([N+](=O)[O-])cc3)N(c3ccccc3)O[C@H]2C(=O)N1c1ccc(Cl)cc1. The van der Waals surface area contributed by atoms with Crippen molar-refractivity contribution in [2.24, 2.45) is 5.92 Å². The number of hydrogen-bond donors (Lipinski definition) is 0. The number of anilines is 2. The van der Waals surface area contributed by atoms with Gasteiger partial charge >= 0.3 is 0 Å². The molecule has 2 heterocycles. The molecule has 0 aromatic heterocycles. The fourth-order valence-electron chi connectivity index (χ4n) is 4.19. The molecule has 0 N–H and O–H groups in total. The Hall–Kier alpha value is -3.75. The third-order valence-electron chi connectivity index (χ3n) is 5.66. The Bertz CT molecular complexity index is 1200. The van der Waals surface area contributed by atoms with Crippen LogP contribution in [-0.4, -0.2) is 22.8 Å². The van der Waals surface area contributed by atoms with Gasteiger partial charge in [-0.2, -0.15) is 0 Å². The first kappa shape index (κ1) is 20.2. The van der Waals surface area contributed by atoms with Crippen LogP contribution in [0.3, 0.4) is 0 Å². The second-order valence-electron chi connectivity index (χ2n) is 7.49. The third-order valence-corrected chi connectivity index (χ3v) is 5.91. The molecule has 0 spiro atoms. The van der Waals surface area contributed by atoms with Crippen LogP contribution >= 0.6 is 11.6 Å². The number of benzene rings is 3. The topological polar surface area (TPSA) is 93.0 Å². The molecular weight excluding hydrogens is 434 g/mol.